The Balaban J connectivity index is 2.01. The zero-order valence-electron chi connectivity index (χ0n) is 11.4. The maximum absolute atomic E-state index is 13.1. The lowest BCUT2D eigenvalue weighted by Gasteiger charge is -2.36. The second-order valence-corrected chi connectivity index (χ2v) is 5.10. The molecule has 0 aliphatic carbocycles. The summed E-state index contributed by atoms with van der Waals surface area (Å²) >= 11 is 0. The van der Waals surface area contributed by atoms with E-state index in [1.54, 1.807) is 12.1 Å². The van der Waals surface area contributed by atoms with Crippen molar-refractivity contribution in [2.24, 2.45) is 0 Å². The van der Waals surface area contributed by atoms with Gasteiger partial charge in [-0.3, -0.25) is 4.79 Å². The molecule has 1 aliphatic rings. The molecule has 2 rings (SSSR count). The van der Waals surface area contributed by atoms with E-state index in [0.29, 0.717) is 0 Å². The molecule has 19 heavy (non-hydrogen) atoms. The van der Waals surface area contributed by atoms with E-state index in [2.05, 4.69) is 5.32 Å². The number of carbonyl (C=O) groups excluding carboxylic acids is 1. The highest BCUT2D eigenvalue weighted by molar-refractivity contribution is 5.79. The van der Waals surface area contributed by atoms with Gasteiger partial charge in [-0.15, -0.1) is 0 Å². The average Bonchev–Trinajstić information content (AvgIpc) is 2.39. The largest absolute Gasteiger partial charge is 0.338 e. The molecule has 1 N–H and O–H groups in total. The van der Waals surface area contributed by atoms with Crippen LogP contribution in [0.2, 0.25) is 0 Å². The predicted molar refractivity (Wildman–Crippen MR) is 73.4 cm³/mol. The zero-order valence-corrected chi connectivity index (χ0v) is 11.4. The van der Waals surface area contributed by atoms with Crippen molar-refractivity contribution < 1.29 is 9.18 Å². The summed E-state index contributed by atoms with van der Waals surface area (Å²) < 4.78 is 13.1. The van der Waals surface area contributed by atoms with Gasteiger partial charge in [-0.05, 0) is 44.0 Å². The summed E-state index contributed by atoms with van der Waals surface area (Å²) in [6, 6.07) is 6.57. The van der Waals surface area contributed by atoms with Gasteiger partial charge in [-0.2, -0.15) is 0 Å². The fourth-order valence-corrected chi connectivity index (χ4v) is 2.70. The molecule has 0 radical (unpaired) electrons. The molecule has 1 aromatic rings. The molecule has 1 atom stereocenters. The molecule has 4 heteroatoms. The van der Waals surface area contributed by atoms with E-state index < -0.39 is 0 Å². The monoisotopic (exact) mass is 264 g/mol. The number of nitrogens with zero attached hydrogens (tertiary/aromatic N) is 1. The highest BCUT2D eigenvalue weighted by Gasteiger charge is 2.25. The molecule has 1 aromatic carbocycles. The third kappa shape index (κ3) is 3.77. The van der Waals surface area contributed by atoms with Crippen molar-refractivity contribution in [3.05, 3.63) is 35.6 Å². The van der Waals surface area contributed by atoms with Gasteiger partial charge in [0, 0.05) is 19.1 Å². The van der Waals surface area contributed by atoms with Gasteiger partial charge in [0.1, 0.15) is 5.82 Å². The van der Waals surface area contributed by atoms with Crippen LogP contribution in [-0.2, 0) is 11.2 Å². The molecule has 0 saturated carbocycles. The van der Waals surface area contributed by atoms with Crippen LogP contribution in [-0.4, -0.2) is 37.0 Å². The van der Waals surface area contributed by atoms with E-state index >= 15 is 0 Å². The molecule has 0 bridgehead atoms. The Bertz CT molecular complexity index is 434. The normalized spacial score (nSPS) is 19.5. The number of rotatable bonds is 4. The minimum absolute atomic E-state index is 0.102. The Hall–Kier alpha value is -1.42. The number of carbonyl (C=O) groups is 1. The summed E-state index contributed by atoms with van der Waals surface area (Å²) in [6.45, 7) is 1.65. The first-order valence-electron chi connectivity index (χ1n) is 6.89. The molecule has 3 nitrogen and oxygen atoms in total. The number of likely N-dealkylation sites (tertiary alicyclic amines) is 1. The highest BCUT2D eigenvalue weighted by Crippen LogP contribution is 2.18. The molecule has 1 saturated heterocycles. The molecule has 1 heterocycles. The van der Waals surface area contributed by atoms with Crippen molar-refractivity contribution in [2.75, 3.05) is 20.1 Å². The fraction of sp³-hybridized carbons (Fsp3) is 0.533. The van der Waals surface area contributed by atoms with Gasteiger partial charge in [0.05, 0.1) is 6.42 Å². The van der Waals surface area contributed by atoms with Crippen LogP contribution in [0.3, 0.4) is 0 Å². The summed E-state index contributed by atoms with van der Waals surface area (Å²) in [5, 5.41) is 3.14. The standard InChI is InChI=1S/C15H21FN2O/c1-17-11-14-7-2-3-8-18(14)15(19)10-12-5-4-6-13(16)9-12/h4-6,9,14,17H,2-3,7-8,10-11H2,1H3. The Kier molecular flexibility index (Phi) is 4.91. The van der Waals surface area contributed by atoms with E-state index in [1.807, 2.05) is 11.9 Å². The fourth-order valence-electron chi connectivity index (χ4n) is 2.70. The molecule has 104 valence electrons. The number of nitrogens with one attached hydrogen (secondary N) is 1. The van der Waals surface area contributed by atoms with Crippen LogP contribution in [0.15, 0.2) is 24.3 Å². The van der Waals surface area contributed by atoms with Crippen molar-refractivity contribution in [3.8, 4) is 0 Å². The first-order chi connectivity index (χ1) is 9.20. The number of amides is 1. The average molecular weight is 264 g/mol. The van der Waals surface area contributed by atoms with E-state index in [1.165, 1.54) is 18.6 Å². The van der Waals surface area contributed by atoms with Gasteiger partial charge in [0.15, 0.2) is 0 Å². The van der Waals surface area contributed by atoms with Crippen molar-refractivity contribution in [1.29, 1.82) is 0 Å². The van der Waals surface area contributed by atoms with E-state index in [4.69, 9.17) is 0 Å². The Labute approximate surface area is 113 Å². The van der Waals surface area contributed by atoms with Crippen LogP contribution >= 0.6 is 0 Å². The molecule has 1 fully saturated rings. The highest BCUT2D eigenvalue weighted by atomic mass is 19.1. The van der Waals surface area contributed by atoms with Crippen LogP contribution in [0.25, 0.3) is 0 Å². The van der Waals surface area contributed by atoms with Crippen molar-refractivity contribution in [1.82, 2.24) is 10.2 Å². The lowest BCUT2D eigenvalue weighted by Crippen LogP contribution is -2.48. The number of halogens is 1. The smallest absolute Gasteiger partial charge is 0.227 e. The first-order valence-corrected chi connectivity index (χ1v) is 6.89. The van der Waals surface area contributed by atoms with Crippen LogP contribution in [0.5, 0.6) is 0 Å². The van der Waals surface area contributed by atoms with E-state index in [-0.39, 0.29) is 24.2 Å². The minimum Gasteiger partial charge on any atom is -0.338 e. The van der Waals surface area contributed by atoms with E-state index in [0.717, 1.165) is 31.5 Å². The lowest BCUT2D eigenvalue weighted by molar-refractivity contribution is -0.134. The molecule has 1 aliphatic heterocycles. The maximum Gasteiger partial charge on any atom is 0.227 e. The number of likely N-dealkylation sites (N-methyl/N-ethyl adjacent to an activating group) is 1. The topological polar surface area (TPSA) is 32.3 Å². The third-order valence-electron chi connectivity index (χ3n) is 3.63. The van der Waals surface area contributed by atoms with Crippen LogP contribution in [0.4, 0.5) is 4.39 Å². The summed E-state index contributed by atoms with van der Waals surface area (Å²) in [5.74, 6) is -0.179. The summed E-state index contributed by atoms with van der Waals surface area (Å²) in [6.07, 6.45) is 3.58. The molecule has 1 amide bonds. The van der Waals surface area contributed by atoms with Gasteiger partial charge in [-0.25, -0.2) is 4.39 Å². The van der Waals surface area contributed by atoms with Crippen LogP contribution < -0.4 is 5.32 Å². The second kappa shape index (κ2) is 6.66. The van der Waals surface area contributed by atoms with Gasteiger partial charge in [-0.1, -0.05) is 12.1 Å². The SMILES string of the molecule is CNCC1CCCCN1C(=O)Cc1cccc(F)c1. The molecular formula is C15H21FN2O. The Morgan fingerprint density at radius 1 is 1.47 bits per heavy atom. The molecule has 0 aromatic heterocycles. The van der Waals surface area contributed by atoms with Gasteiger partial charge in [0.2, 0.25) is 5.91 Å². The van der Waals surface area contributed by atoms with Crippen molar-refractivity contribution in [3.63, 3.8) is 0 Å². The molecular weight excluding hydrogens is 243 g/mol. The Morgan fingerprint density at radius 2 is 2.32 bits per heavy atom. The minimum atomic E-state index is -0.282. The second-order valence-electron chi connectivity index (χ2n) is 5.10. The van der Waals surface area contributed by atoms with Crippen LogP contribution in [0.1, 0.15) is 24.8 Å². The summed E-state index contributed by atoms with van der Waals surface area (Å²) in [7, 11) is 1.91. The van der Waals surface area contributed by atoms with Gasteiger partial charge >= 0.3 is 0 Å². The summed E-state index contributed by atoms with van der Waals surface area (Å²) in [5.41, 5.74) is 0.749. The first kappa shape index (κ1) is 14.0. The van der Waals surface area contributed by atoms with Gasteiger partial charge < -0.3 is 10.2 Å². The van der Waals surface area contributed by atoms with E-state index in [9.17, 15) is 9.18 Å². The third-order valence-corrected chi connectivity index (χ3v) is 3.63. The molecule has 1 unspecified atom stereocenters. The zero-order chi connectivity index (χ0) is 13.7. The van der Waals surface area contributed by atoms with Crippen LogP contribution in [0, 0.1) is 5.82 Å². The number of hydrogen-bond acceptors (Lipinski definition) is 2. The van der Waals surface area contributed by atoms with Crippen molar-refractivity contribution in [2.45, 2.75) is 31.7 Å². The van der Waals surface area contributed by atoms with Crippen molar-refractivity contribution >= 4 is 5.91 Å². The predicted octanol–water partition coefficient (Wildman–Crippen LogP) is 1.97. The number of benzene rings is 1. The van der Waals surface area contributed by atoms with Gasteiger partial charge in [0.25, 0.3) is 0 Å². The maximum atomic E-state index is 13.1. The Morgan fingerprint density at radius 3 is 3.05 bits per heavy atom. The number of hydrogen-bond donors (Lipinski definition) is 1. The molecule has 0 spiro atoms. The lowest BCUT2D eigenvalue weighted by atomic mass is 10.0. The quantitative estimate of drug-likeness (QED) is 0.901. The number of piperidine rings is 1. The summed E-state index contributed by atoms with van der Waals surface area (Å²) in [4.78, 5) is 14.3.